The molecule has 0 fully saturated rings. The summed E-state index contributed by atoms with van der Waals surface area (Å²) in [5.41, 5.74) is 2.92. The van der Waals surface area contributed by atoms with Gasteiger partial charge in [0.15, 0.2) is 0 Å². The van der Waals surface area contributed by atoms with Gasteiger partial charge in [-0.1, -0.05) is 25.4 Å². The Balaban J connectivity index is 1.81. The zero-order chi connectivity index (χ0) is 20.3. The number of carbonyl (C=O) groups is 1. The molecule has 0 saturated heterocycles. The molecule has 0 radical (unpaired) electrons. The average Bonchev–Trinajstić information content (AvgIpc) is 3.27. The second-order valence-electron chi connectivity index (χ2n) is 7.24. The Morgan fingerprint density at radius 3 is 2.54 bits per heavy atom. The number of anilines is 1. The fourth-order valence-corrected chi connectivity index (χ4v) is 3.05. The summed E-state index contributed by atoms with van der Waals surface area (Å²) in [5.74, 6) is -0.0854. The maximum absolute atomic E-state index is 12.9. The summed E-state index contributed by atoms with van der Waals surface area (Å²) >= 11 is 5.98. The Bertz CT molecular complexity index is 942. The fraction of sp³-hybridized carbons (Fsp3) is 0.350. The number of nitrogens with zero attached hydrogens (tertiary/aromatic N) is 5. The first-order valence-electron chi connectivity index (χ1n) is 9.17. The topological polar surface area (TPSA) is 68.0 Å². The highest BCUT2D eigenvalue weighted by atomic mass is 35.5. The molecule has 0 bridgehead atoms. The van der Waals surface area contributed by atoms with E-state index >= 15 is 0 Å². The summed E-state index contributed by atoms with van der Waals surface area (Å²) < 4.78 is 3.60. The standard InChI is InChI=1S/C20H25ClN6O/c1-14(2)19-18(12-23-27(19)17-7-5-15(21)6-8-17)20(28)24-16-11-22-26(13-16)10-9-25(3)4/h5-8,11-14H,9-10H2,1-4H3,(H,24,28). The normalized spacial score (nSPS) is 11.4. The molecule has 1 aromatic carbocycles. The highest BCUT2D eigenvalue weighted by molar-refractivity contribution is 6.30. The zero-order valence-corrected chi connectivity index (χ0v) is 17.3. The van der Waals surface area contributed by atoms with Crippen LogP contribution in [-0.2, 0) is 6.54 Å². The third-order valence-electron chi connectivity index (χ3n) is 4.34. The summed E-state index contributed by atoms with van der Waals surface area (Å²) in [7, 11) is 4.02. The lowest BCUT2D eigenvalue weighted by Gasteiger charge is -2.13. The second-order valence-corrected chi connectivity index (χ2v) is 7.67. The van der Waals surface area contributed by atoms with Gasteiger partial charge in [0.25, 0.3) is 5.91 Å². The first-order valence-corrected chi connectivity index (χ1v) is 9.55. The van der Waals surface area contributed by atoms with Crippen molar-refractivity contribution >= 4 is 23.2 Å². The van der Waals surface area contributed by atoms with E-state index in [2.05, 4.69) is 20.4 Å². The van der Waals surface area contributed by atoms with E-state index in [4.69, 9.17) is 11.6 Å². The van der Waals surface area contributed by atoms with Gasteiger partial charge in [-0.15, -0.1) is 0 Å². The predicted molar refractivity (Wildman–Crippen MR) is 111 cm³/mol. The number of halogens is 1. The van der Waals surface area contributed by atoms with Gasteiger partial charge in [0.2, 0.25) is 0 Å². The van der Waals surface area contributed by atoms with Crippen molar-refractivity contribution in [2.45, 2.75) is 26.3 Å². The van der Waals surface area contributed by atoms with E-state index in [9.17, 15) is 4.79 Å². The minimum absolute atomic E-state index is 0.113. The van der Waals surface area contributed by atoms with Crippen molar-refractivity contribution in [2.75, 3.05) is 26.0 Å². The molecule has 7 nitrogen and oxygen atoms in total. The van der Waals surface area contributed by atoms with Crippen LogP contribution in [0.15, 0.2) is 42.9 Å². The van der Waals surface area contributed by atoms with Gasteiger partial charge in [-0.05, 0) is 44.3 Å². The van der Waals surface area contributed by atoms with E-state index in [1.807, 2.05) is 63.1 Å². The number of likely N-dealkylation sites (N-methyl/N-ethyl adjacent to an activating group) is 1. The summed E-state index contributed by atoms with van der Waals surface area (Å²) in [6.07, 6.45) is 5.10. The van der Waals surface area contributed by atoms with Crippen LogP contribution in [0.1, 0.15) is 35.8 Å². The molecule has 2 heterocycles. The molecule has 0 atom stereocenters. The van der Waals surface area contributed by atoms with E-state index in [0.29, 0.717) is 16.3 Å². The molecule has 28 heavy (non-hydrogen) atoms. The molecule has 148 valence electrons. The van der Waals surface area contributed by atoms with Crippen LogP contribution in [0.2, 0.25) is 5.02 Å². The number of hydrogen-bond donors (Lipinski definition) is 1. The second kappa shape index (κ2) is 8.58. The number of rotatable bonds is 7. The number of benzene rings is 1. The Hall–Kier alpha value is -2.64. The van der Waals surface area contributed by atoms with Gasteiger partial charge in [0.1, 0.15) is 0 Å². The third kappa shape index (κ3) is 4.61. The molecular formula is C20H25ClN6O. The highest BCUT2D eigenvalue weighted by Crippen LogP contribution is 2.24. The van der Waals surface area contributed by atoms with Crippen LogP contribution in [0.4, 0.5) is 5.69 Å². The van der Waals surface area contributed by atoms with Crippen molar-refractivity contribution in [2.24, 2.45) is 0 Å². The van der Waals surface area contributed by atoms with Crippen molar-refractivity contribution in [3.63, 3.8) is 0 Å². The molecule has 1 N–H and O–H groups in total. The van der Waals surface area contributed by atoms with Gasteiger partial charge in [-0.25, -0.2) is 4.68 Å². The molecule has 0 unspecified atom stereocenters. The Morgan fingerprint density at radius 2 is 1.89 bits per heavy atom. The van der Waals surface area contributed by atoms with E-state index in [1.165, 1.54) is 0 Å². The SMILES string of the molecule is CC(C)c1c(C(=O)Nc2cnn(CCN(C)C)c2)cnn1-c1ccc(Cl)cc1. The molecule has 0 aliphatic rings. The predicted octanol–water partition coefficient (Wildman–Crippen LogP) is 3.66. The monoisotopic (exact) mass is 400 g/mol. The van der Waals surface area contributed by atoms with E-state index in [1.54, 1.807) is 17.1 Å². The number of amides is 1. The molecule has 3 aromatic rings. The maximum atomic E-state index is 12.9. The lowest BCUT2D eigenvalue weighted by Crippen LogP contribution is -2.18. The molecule has 3 rings (SSSR count). The minimum atomic E-state index is -0.198. The molecule has 2 aromatic heterocycles. The van der Waals surface area contributed by atoms with Crippen molar-refractivity contribution in [1.82, 2.24) is 24.5 Å². The van der Waals surface area contributed by atoms with Crippen molar-refractivity contribution in [3.8, 4) is 5.69 Å². The van der Waals surface area contributed by atoms with Crippen LogP contribution in [0.25, 0.3) is 5.69 Å². The number of aromatic nitrogens is 4. The molecule has 0 saturated carbocycles. The number of hydrogen-bond acceptors (Lipinski definition) is 4. The fourth-order valence-electron chi connectivity index (χ4n) is 2.93. The summed E-state index contributed by atoms with van der Waals surface area (Å²) in [6.45, 7) is 5.72. The molecule has 0 aliphatic carbocycles. The lowest BCUT2D eigenvalue weighted by atomic mass is 10.0. The van der Waals surface area contributed by atoms with Crippen molar-refractivity contribution in [1.29, 1.82) is 0 Å². The van der Waals surface area contributed by atoms with Gasteiger partial charge in [0.05, 0.1) is 41.6 Å². The van der Waals surface area contributed by atoms with Crippen LogP contribution < -0.4 is 5.32 Å². The van der Waals surface area contributed by atoms with E-state index in [0.717, 1.165) is 24.5 Å². The largest absolute Gasteiger partial charge is 0.319 e. The summed E-state index contributed by atoms with van der Waals surface area (Å²) in [6, 6.07) is 7.39. The molecular weight excluding hydrogens is 376 g/mol. The Morgan fingerprint density at radius 1 is 1.18 bits per heavy atom. The highest BCUT2D eigenvalue weighted by Gasteiger charge is 2.21. The maximum Gasteiger partial charge on any atom is 0.259 e. The minimum Gasteiger partial charge on any atom is -0.319 e. The summed E-state index contributed by atoms with van der Waals surface area (Å²) in [4.78, 5) is 15.0. The molecule has 1 amide bonds. The zero-order valence-electron chi connectivity index (χ0n) is 16.6. The van der Waals surface area contributed by atoms with Crippen LogP contribution in [0.5, 0.6) is 0 Å². The van der Waals surface area contributed by atoms with Crippen LogP contribution in [0.3, 0.4) is 0 Å². The van der Waals surface area contributed by atoms with Crippen molar-refractivity contribution < 1.29 is 4.79 Å². The molecule has 8 heteroatoms. The van der Waals surface area contributed by atoms with Gasteiger partial charge in [-0.2, -0.15) is 10.2 Å². The average molecular weight is 401 g/mol. The van der Waals surface area contributed by atoms with E-state index < -0.39 is 0 Å². The van der Waals surface area contributed by atoms with E-state index in [-0.39, 0.29) is 11.8 Å². The number of nitrogens with one attached hydrogen (secondary N) is 1. The Kier molecular flexibility index (Phi) is 6.16. The van der Waals surface area contributed by atoms with Crippen LogP contribution in [0, 0.1) is 0 Å². The Labute approximate surface area is 169 Å². The van der Waals surface area contributed by atoms with Gasteiger partial charge in [-0.3, -0.25) is 9.48 Å². The quantitative estimate of drug-likeness (QED) is 0.657. The third-order valence-corrected chi connectivity index (χ3v) is 4.59. The van der Waals surface area contributed by atoms with Gasteiger partial charge >= 0.3 is 0 Å². The first kappa shape index (κ1) is 20.1. The lowest BCUT2D eigenvalue weighted by molar-refractivity contribution is 0.102. The first-order chi connectivity index (χ1) is 13.3. The smallest absolute Gasteiger partial charge is 0.259 e. The van der Waals surface area contributed by atoms with Crippen LogP contribution >= 0.6 is 11.6 Å². The number of carbonyl (C=O) groups excluding carboxylic acids is 1. The molecule has 0 aliphatic heterocycles. The van der Waals surface area contributed by atoms with Gasteiger partial charge < -0.3 is 10.2 Å². The van der Waals surface area contributed by atoms with Crippen molar-refractivity contribution in [3.05, 3.63) is 59.1 Å². The molecule has 0 spiro atoms. The summed E-state index contributed by atoms with van der Waals surface area (Å²) in [5, 5.41) is 12.3. The van der Waals surface area contributed by atoms with Crippen LogP contribution in [-0.4, -0.2) is 51.0 Å². The van der Waals surface area contributed by atoms with Gasteiger partial charge in [0, 0.05) is 17.8 Å².